The molecule has 3 heteroatoms. The van der Waals surface area contributed by atoms with Gasteiger partial charge in [-0.3, -0.25) is 0 Å². The minimum atomic E-state index is -0.499. The molecule has 0 saturated heterocycles. The molecule has 1 atom stereocenters. The zero-order valence-electron chi connectivity index (χ0n) is 12.9. The molecular formula is C18H21F2N. The van der Waals surface area contributed by atoms with Crippen molar-refractivity contribution in [3.05, 3.63) is 69.8 Å². The Morgan fingerprint density at radius 3 is 2.24 bits per heavy atom. The summed E-state index contributed by atoms with van der Waals surface area (Å²) < 4.78 is 28.3. The fourth-order valence-corrected chi connectivity index (χ4v) is 2.51. The molecule has 1 N–H and O–H groups in total. The first-order chi connectivity index (χ1) is 9.93. The SMILES string of the molecule is CNC(Cc1ccc(C)c(C)c1)c1c(F)ccc(C)c1F. The molecule has 0 radical (unpaired) electrons. The lowest BCUT2D eigenvalue weighted by Gasteiger charge is -2.19. The van der Waals surface area contributed by atoms with E-state index in [1.54, 1.807) is 14.0 Å². The van der Waals surface area contributed by atoms with Crippen molar-refractivity contribution in [2.75, 3.05) is 7.05 Å². The van der Waals surface area contributed by atoms with E-state index in [0.717, 1.165) is 5.56 Å². The van der Waals surface area contributed by atoms with Gasteiger partial charge in [-0.25, -0.2) is 8.78 Å². The highest BCUT2D eigenvalue weighted by molar-refractivity contribution is 5.34. The van der Waals surface area contributed by atoms with E-state index >= 15 is 0 Å². The number of hydrogen-bond donors (Lipinski definition) is 1. The van der Waals surface area contributed by atoms with Crippen LogP contribution in [0.1, 0.15) is 33.9 Å². The molecule has 0 saturated carbocycles. The van der Waals surface area contributed by atoms with Gasteiger partial charge in [-0.15, -0.1) is 0 Å². The Morgan fingerprint density at radius 2 is 1.62 bits per heavy atom. The first-order valence-corrected chi connectivity index (χ1v) is 7.12. The molecular weight excluding hydrogens is 268 g/mol. The zero-order chi connectivity index (χ0) is 15.6. The van der Waals surface area contributed by atoms with Crippen LogP contribution in [0.3, 0.4) is 0 Å². The largest absolute Gasteiger partial charge is 0.313 e. The highest BCUT2D eigenvalue weighted by atomic mass is 19.1. The molecule has 0 fully saturated rings. The van der Waals surface area contributed by atoms with Crippen LogP contribution in [0.5, 0.6) is 0 Å². The molecule has 0 aliphatic rings. The van der Waals surface area contributed by atoms with Gasteiger partial charge in [-0.1, -0.05) is 24.3 Å². The molecule has 0 bridgehead atoms. The summed E-state index contributed by atoms with van der Waals surface area (Å²) in [4.78, 5) is 0. The Morgan fingerprint density at radius 1 is 0.952 bits per heavy atom. The number of halogens is 2. The monoisotopic (exact) mass is 289 g/mol. The third-order valence-corrected chi connectivity index (χ3v) is 4.03. The summed E-state index contributed by atoms with van der Waals surface area (Å²) in [5.41, 5.74) is 4.06. The minimum Gasteiger partial charge on any atom is -0.313 e. The molecule has 1 unspecified atom stereocenters. The molecule has 2 aromatic carbocycles. The van der Waals surface area contributed by atoms with Crippen molar-refractivity contribution in [3.8, 4) is 0 Å². The number of hydrogen-bond acceptors (Lipinski definition) is 1. The molecule has 0 heterocycles. The standard InChI is InChI=1S/C18H21F2N/c1-11-5-7-14(9-13(11)3)10-16(21-4)17-15(19)8-6-12(2)18(17)20/h5-9,16,21H,10H2,1-4H3. The normalized spacial score (nSPS) is 12.5. The average Bonchev–Trinajstić information content (AvgIpc) is 2.46. The van der Waals surface area contributed by atoms with Crippen LogP contribution in [0.25, 0.3) is 0 Å². The van der Waals surface area contributed by atoms with Gasteiger partial charge in [0.2, 0.25) is 0 Å². The van der Waals surface area contributed by atoms with Gasteiger partial charge in [0.05, 0.1) is 0 Å². The zero-order valence-corrected chi connectivity index (χ0v) is 12.9. The van der Waals surface area contributed by atoms with E-state index in [-0.39, 0.29) is 11.6 Å². The summed E-state index contributed by atoms with van der Waals surface area (Å²) in [6.45, 7) is 5.75. The number of nitrogens with one attached hydrogen (secondary N) is 1. The van der Waals surface area contributed by atoms with Gasteiger partial charge < -0.3 is 5.32 Å². The van der Waals surface area contributed by atoms with Gasteiger partial charge in [0.1, 0.15) is 11.6 Å². The maximum atomic E-state index is 14.3. The number of rotatable bonds is 4. The Labute approximate surface area is 125 Å². The predicted molar refractivity (Wildman–Crippen MR) is 82.5 cm³/mol. The number of aryl methyl sites for hydroxylation is 3. The van der Waals surface area contributed by atoms with Gasteiger partial charge in [0.15, 0.2) is 0 Å². The summed E-state index contributed by atoms with van der Waals surface area (Å²) >= 11 is 0. The number of likely N-dealkylation sites (N-methyl/N-ethyl adjacent to an activating group) is 1. The van der Waals surface area contributed by atoms with Gasteiger partial charge in [-0.05, 0) is 62.6 Å². The molecule has 112 valence electrons. The maximum absolute atomic E-state index is 14.3. The van der Waals surface area contributed by atoms with E-state index in [4.69, 9.17) is 0 Å². The third-order valence-electron chi connectivity index (χ3n) is 4.03. The van der Waals surface area contributed by atoms with Crippen LogP contribution in [0.4, 0.5) is 8.78 Å². The second kappa shape index (κ2) is 6.35. The topological polar surface area (TPSA) is 12.0 Å². The Bertz CT molecular complexity index is 650. The second-order valence-electron chi connectivity index (χ2n) is 5.56. The highest BCUT2D eigenvalue weighted by Gasteiger charge is 2.20. The summed E-state index contributed by atoms with van der Waals surface area (Å²) in [6, 6.07) is 8.55. The summed E-state index contributed by atoms with van der Waals surface area (Å²) in [6.07, 6.45) is 0.551. The molecule has 2 aromatic rings. The Balaban J connectivity index is 2.36. The van der Waals surface area contributed by atoms with Crippen LogP contribution in [0.2, 0.25) is 0 Å². The van der Waals surface area contributed by atoms with Crippen molar-refractivity contribution >= 4 is 0 Å². The first-order valence-electron chi connectivity index (χ1n) is 7.12. The lowest BCUT2D eigenvalue weighted by Crippen LogP contribution is -2.22. The van der Waals surface area contributed by atoms with E-state index in [9.17, 15) is 8.78 Å². The predicted octanol–water partition coefficient (Wildman–Crippen LogP) is 4.39. The van der Waals surface area contributed by atoms with E-state index in [0.29, 0.717) is 12.0 Å². The summed E-state index contributed by atoms with van der Waals surface area (Å²) in [5, 5.41) is 3.03. The van der Waals surface area contributed by atoms with Crippen molar-refractivity contribution in [3.63, 3.8) is 0 Å². The van der Waals surface area contributed by atoms with E-state index in [1.807, 2.05) is 19.1 Å². The molecule has 2 rings (SSSR count). The minimum absolute atomic E-state index is 0.121. The van der Waals surface area contributed by atoms with E-state index in [1.165, 1.54) is 23.3 Å². The lowest BCUT2D eigenvalue weighted by molar-refractivity contribution is 0.486. The molecule has 0 spiro atoms. The lowest BCUT2D eigenvalue weighted by atomic mass is 9.95. The van der Waals surface area contributed by atoms with Crippen molar-refractivity contribution in [1.82, 2.24) is 5.32 Å². The van der Waals surface area contributed by atoms with Crippen molar-refractivity contribution in [2.24, 2.45) is 0 Å². The first kappa shape index (κ1) is 15.6. The molecule has 1 nitrogen and oxygen atoms in total. The van der Waals surface area contributed by atoms with Crippen LogP contribution in [0.15, 0.2) is 30.3 Å². The van der Waals surface area contributed by atoms with Gasteiger partial charge in [0, 0.05) is 11.6 Å². The van der Waals surface area contributed by atoms with Crippen molar-refractivity contribution in [2.45, 2.75) is 33.2 Å². The fourth-order valence-electron chi connectivity index (χ4n) is 2.51. The van der Waals surface area contributed by atoms with Gasteiger partial charge >= 0.3 is 0 Å². The number of benzene rings is 2. The smallest absolute Gasteiger partial charge is 0.133 e. The molecule has 0 aliphatic carbocycles. The van der Waals surface area contributed by atoms with Crippen LogP contribution in [-0.2, 0) is 6.42 Å². The van der Waals surface area contributed by atoms with E-state index in [2.05, 4.69) is 18.3 Å². The van der Waals surface area contributed by atoms with Crippen LogP contribution in [-0.4, -0.2) is 7.05 Å². The molecule has 0 aliphatic heterocycles. The fraction of sp³-hybridized carbons (Fsp3) is 0.333. The van der Waals surface area contributed by atoms with Gasteiger partial charge in [0.25, 0.3) is 0 Å². The average molecular weight is 289 g/mol. The van der Waals surface area contributed by atoms with Crippen molar-refractivity contribution in [1.29, 1.82) is 0 Å². The molecule has 0 aromatic heterocycles. The Hall–Kier alpha value is -1.74. The van der Waals surface area contributed by atoms with Gasteiger partial charge in [-0.2, -0.15) is 0 Å². The Kier molecular flexibility index (Phi) is 4.73. The highest BCUT2D eigenvalue weighted by Crippen LogP contribution is 2.26. The van der Waals surface area contributed by atoms with E-state index < -0.39 is 11.6 Å². The summed E-state index contributed by atoms with van der Waals surface area (Å²) in [5.74, 6) is -0.959. The third kappa shape index (κ3) is 3.30. The maximum Gasteiger partial charge on any atom is 0.133 e. The molecule has 0 amide bonds. The van der Waals surface area contributed by atoms with Crippen molar-refractivity contribution < 1.29 is 8.78 Å². The molecule has 21 heavy (non-hydrogen) atoms. The summed E-state index contributed by atoms with van der Waals surface area (Å²) in [7, 11) is 1.73. The van der Waals surface area contributed by atoms with Crippen LogP contribution >= 0.6 is 0 Å². The van der Waals surface area contributed by atoms with Crippen LogP contribution < -0.4 is 5.32 Å². The van der Waals surface area contributed by atoms with Crippen LogP contribution in [0, 0.1) is 32.4 Å². The quantitative estimate of drug-likeness (QED) is 0.880. The second-order valence-corrected chi connectivity index (χ2v) is 5.56.